The molecule has 3 aliphatic rings. The molecule has 0 radical (unpaired) electrons. The summed E-state index contributed by atoms with van der Waals surface area (Å²) >= 11 is 0. The number of ether oxygens (including phenoxy) is 1. The van der Waals surface area contributed by atoms with Gasteiger partial charge in [-0.25, -0.2) is 4.79 Å². The van der Waals surface area contributed by atoms with Gasteiger partial charge in [0.25, 0.3) is 0 Å². The fraction of sp³-hybridized carbons (Fsp3) is 0.650. The normalized spacial score (nSPS) is 42.2. The lowest BCUT2D eigenvalue weighted by Gasteiger charge is -2.57. The molecule has 0 bridgehead atoms. The maximum absolute atomic E-state index is 12.3. The number of aliphatic hydroxyl groups is 1. The van der Waals surface area contributed by atoms with Crippen LogP contribution in [0.1, 0.15) is 58.1 Å². The van der Waals surface area contributed by atoms with Crippen LogP contribution in [0, 0.1) is 22.7 Å². The largest absolute Gasteiger partial charge is 0.472 e. The van der Waals surface area contributed by atoms with E-state index >= 15 is 0 Å². The summed E-state index contributed by atoms with van der Waals surface area (Å²) < 4.78 is 10.9. The van der Waals surface area contributed by atoms with Crippen molar-refractivity contribution in [3.63, 3.8) is 0 Å². The van der Waals surface area contributed by atoms with Crippen molar-refractivity contribution in [3.05, 3.63) is 35.8 Å². The van der Waals surface area contributed by atoms with Crippen molar-refractivity contribution in [2.24, 2.45) is 22.7 Å². The molecule has 0 aromatic carbocycles. The molecule has 1 aromatic heterocycles. The van der Waals surface area contributed by atoms with E-state index in [1.807, 2.05) is 6.07 Å². The molecule has 6 unspecified atom stereocenters. The van der Waals surface area contributed by atoms with E-state index < -0.39 is 6.10 Å². The van der Waals surface area contributed by atoms with Gasteiger partial charge in [0.1, 0.15) is 6.10 Å². The highest BCUT2D eigenvalue weighted by Gasteiger charge is 2.64. The van der Waals surface area contributed by atoms with Crippen molar-refractivity contribution in [3.8, 4) is 0 Å². The second kappa shape index (κ2) is 5.22. The molecule has 1 aliphatic heterocycles. The van der Waals surface area contributed by atoms with Crippen LogP contribution >= 0.6 is 0 Å². The van der Waals surface area contributed by atoms with Gasteiger partial charge in [0, 0.05) is 16.6 Å². The van der Waals surface area contributed by atoms with E-state index in [1.54, 1.807) is 12.5 Å². The number of hydrogen-bond donors (Lipinski definition) is 1. The molecule has 4 nitrogen and oxygen atoms in total. The highest BCUT2D eigenvalue weighted by atomic mass is 16.6. The summed E-state index contributed by atoms with van der Waals surface area (Å²) in [6, 6.07) is 1.83. The highest BCUT2D eigenvalue weighted by Crippen LogP contribution is 2.65. The standard InChI is InChI=1S/C20H26O4/c1-12-9-17-20(3)14(18(22)24-17)5-4-6-16(20)19(12,2)10-15(21)13-7-8-23-11-13/h5,7-8,11-12,15-17,21H,4,6,9-10H2,1-3H3. The van der Waals surface area contributed by atoms with Gasteiger partial charge in [-0.05, 0) is 49.0 Å². The lowest BCUT2D eigenvalue weighted by molar-refractivity contribution is -0.150. The molecule has 6 atom stereocenters. The predicted molar refractivity (Wildman–Crippen MR) is 89.0 cm³/mol. The van der Waals surface area contributed by atoms with Crippen LogP contribution in [0.2, 0.25) is 0 Å². The molecule has 0 amide bonds. The molecule has 4 rings (SSSR count). The van der Waals surface area contributed by atoms with Crippen molar-refractivity contribution in [2.45, 2.75) is 58.7 Å². The first-order chi connectivity index (χ1) is 11.4. The number of esters is 1. The van der Waals surface area contributed by atoms with Crippen LogP contribution < -0.4 is 0 Å². The average molecular weight is 330 g/mol. The molecule has 4 heteroatoms. The molecule has 0 spiro atoms. The van der Waals surface area contributed by atoms with Gasteiger partial charge in [0.05, 0.1) is 18.6 Å². The van der Waals surface area contributed by atoms with E-state index in [0.29, 0.717) is 18.3 Å². The Morgan fingerprint density at radius 3 is 2.92 bits per heavy atom. The van der Waals surface area contributed by atoms with E-state index in [-0.39, 0.29) is 22.9 Å². The van der Waals surface area contributed by atoms with E-state index in [9.17, 15) is 9.90 Å². The second-order valence-electron chi connectivity index (χ2n) is 8.34. The number of carbonyl (C=O) groups excluding carboxylic acids is 1. The zero-order valence-electron chi connectivity index (χ0n) is 14.6. The van der Waals surface area contributed by atoms with Crippen molar-refractivity contribution < 1.29 is 19.1 Å². The Morgan fingerprint density at radius 2 is 2.21 bits per heavy atom. The monoisotopic (exact) mass is 330 g/mol. The van der Waals surface area contributed by atoms with Gasteiger partial charge in [-0.15, -0.1) is 0 Å². The van der Waals surface area contributed by atoms with Crippen LogP contribution in [0.25, 0.3) is 0 Å². The molecule has 1 N–H and O–H groups in total. The zero-order chi connectivity index (χ0) is 17.1. The van der Waals surface area contributed by atoms with E-state index in [0.717, 1.165) is 30.4 Å². The quantitative estimate of drug-likeness (QED) is 0.851. The first kappa shape index (κ1) is 15.9. The summed E-state index contributed by atoms with van der Waals surface area (Å²) in [7, 11) is 0. The van der Waals surface area contributed by atoms with Crippen molar-refractivity contribution in [1.29, 1.82) is 0 Å². The Balaban J connectivity index is 1.71. The van der Waals surface area contributed by atoms with Crippen LogP contribution in [-0.2, 0) is 9.53 Å². The molecule has 1 aromatic rings. The summed E-state index contributed by atoms with van der Waals surface area (Å²) in [6.45, 7) is 6.73. The molecular formula is C20H26O4. The Hall–Kier alpha value is -1.55. The van der Waals surface area contributed by atoms with Gasteiger partial charge >= 0.3 is 5.97 Å². The van der Waals surface area contributed by atoms with Crippen LogP contribution in [0.5, 0.6) is 0 Å². The van der Waals surface area contributed by atoms with Crippen molar-refractivity contribution in [2.75, 3.05) is 0 Å². The van der Waals surface area contributed by atoms with E-state index in [2.05, 4.69) is 26.8 Å². The highest BCUT2D eigenvalue weighted by molar-refractivity contribution is 5.93. The third-order valence-electron chi connectivity index (χ3n) is 7.30. The lowest BCUT2D eigenvalue weighted by atomic mass is 9.46. The maximum Gasteiger partial charge on any atom is 0.334 e. The minimum absolute atomic E-state index is 0.0179. The van der Waals surface area contributed by atoms with Crippen LogP contribution in [-0.4, -0.2) is 17.2 Å². The average Bonchev–Trinajstić information content (AvgIpc) is 3.14. The van der Waals surface area contributed by atoms with Crippen molar-refractivity contribution >= 4 is 5.97 Å². The molecule has 130 valence electrons. The molecular weight excluding hydrogens is 304 g/mol. The number of hydrogen-bond acceptors (Lipinski definition) is 4. The molecule has 2 heterocycles. The van der Waals surface area contributed by atoms with Gasteiger partial charge in [-0.1, -0.05) is 26.8 Å². The first-order valence-corrected chi connectivity index (χ1v) is 8.99. The number of rotatable bonds is 3. The summed E-state index contributed by atoms with van der Waals surface area (Å²) in [4.78, 5) is 12.3. The minimum atomic E-state index is -0.538. The third-order valence-corrected chi connectivity index (χ3v) is 7.30. The van der Waals surface area contributed by atoms with Crippen LogP contribution in [0.4, 0.5) is 0 Å². The lowest BCUT2D eigenvalue weighted by Crippen LogP contribution is -2.55. The second-order valence-corrected chi connectivity index (χ2v) is 8.34. The van der Waals surface area contributed by atoms with Gasteiger partial charge in [0.15, 0.2) is 0 Å². The van der Waals surface area contributed by atoms with E-state index in [1.165, 1.54) is 0 Å². The SMILES string of the molecule is CC1CC2OC(=O)C3=CCCC(C1(C)CC(O)c1ccoc1)C32C. The minimum Gasteiger partial charge on any atom is -0.472 e. The van der Waals surface area contributed by atoms with Gasteiger partial charge in [-0.3, -0.25) is 0 Å². The van der Waals surface area contributed by atoms with Gasteiger partial charge in [0.2, 0.25) is 0 Å². The summed E-state index contributed by atoms with van der Waals surface area (Å²) in [6.07, 6.45) is 8.27. The van der Waals surface area contributed by atoms with Gasteiger partial charge < -0.3 is 14.3 Å². The molecule has 1 saturated heterocycles. The third kappa shape index (κ3) is 1.98. The fourth-order valence-corrected chi connectivity index (χ4v) is 5.70. The summed E-state index contributed by atoms with van der Waals surface area (Å²) in [5.74, 6) is 0.596. The van der Waals surface area contributed by atoms with Crippen molar-refractivity contribution in [1.82, 2.24) is 0 Å². The molecule has 2 aliphatic carbocycles. The maximum atomic E-state index is 12.3. The Kier molecular flexibility index (Phi) is 3.47. The van der Waals surface area contributed by atoms with Crippen LogP contribution in [0.3, 0.4) is 0 Å². The smallest absolute Gasteiger partial charge is 0.334 e. The molecule has 1 saturated carbocycles. The number of furan rings is 1. The summed E-state index contributed by atoms with van der Waals surface area (Å²) in [5.41, 5.74) is 1.45. The zero-order valence-corrected chi connectivity index (χ0v) is 14.6. The number of carbonyl (C=O) groups is 1. The summed E-state index contributed by atoms with van der Waals surface area (Å²) in [5, 5.41) is 10.7. The predicted octanol–water partition coefficient (Wildman–Crippen LogP) is 4.02. The molecule has 2 fully saturated rings. The number of allylic oxidation sites excluding steroid dienone is 1. The van der Waals surface area contributed by atoms with Crippen LogP contribution in [0.15, 0.2) is 34.7 Å². The Bertz CT molecular complexity index is 676. The molecule has 24 heavy (non-hydrogen) atoms. The topological polar surface area (TPSA) is 59.7 Å². The first-order valence-electron chi connectivity index (χ1n) is 8.99. The fourth-order valence-electron chi connectivity index (χ4n) is 5.70. The van der Waals surface area contributed by atoms with Gasteiger partial charge in [-0.2, -0.15) is 0 Å². The Labute approximate surface area is 142 Å². The number of aliphatic hydroxyl groups excluding tert-OH is 1. The Morgan fingerprint density at radius 1 is 1.42 bits per heavy atom. The van der Waals surface area contributed by atoms with E-state index in [4.69, 9.17) is 9.15 Å².